The summed E-state index contributed by atoms with van der Waals surface area (Å²) in [7, 11) is 0. The largest absolute Gasteiger partial charge is 0.491 e. The molecule has 0 heterocycles. The number of aliphatic hydroxyl groups excluding tert-OH is 1. The summed E-state index contributed by atoms with van der Waals surface area (Å²) in [5, 5.41) is 8.71. The molecular formula is C13H20O2. The summed E-state index contributed by atoms with van der Waals surface area (Å²) in [6, 6.07) is 8.05. The van der Waals surface area contributed by atoms with E-state index in [9.17, 15) is 0 Å². The van der Waals surface area contributed by atoms with Crippen LogP contribution < -0.4 is 4.74 Å². The van der Waals surface area contributed by atoms with Gasteiger partial charge in [0.15, 0.2) is 0 Å². The molecule has 1 aromatic rings. The van der Waals surface area contributed by atoms with Crippen molar-refractivity contribution in [3.05, 3.63) is 29.8 Å². The second kappa shape index (κ2) is 6.46. The first kappa shape index (κ1) is 12.1. The first-order chi connectivity index (χ1) is 7.24. The summed E-state index contributed by atoms with van der Waals surface area (Å²) in [6.45, 7) is 4.88. The van der Waals surface area contributed by atoms with Gasteiger partial charge in [-0.15, -0.1) is 0 Å². The predicted molar refractivity (Wildman–Crippen MR) is 62.2 cm³/mol. The minimum absolute atomic E-state index is 0.0680. The Morgan fingerprint density at radius 3 is 2.67 bits per heavy atom. The minimum Gasteiger partial charge on any atom is -0.491 e. The van der Waals surface area contributed by atoms with Gasteiger partial charge in [-0.05, 0) is 30.4 Å². The molecule has 0 fully saturated rings. The van der Waals surface area contributed by atoms with Crippen molar-refractivity contribution in [2.24, 2.45) is 5.92 Å². The molecule has 2 heteroatoms. The van der Waals surface area contributed by atoms with Gasteiger partial charge in [-0.3, -0.25) is 0 Å². The Hall–Kier alpha value is -1.02. The Labute approximate surface area is 91.9 Å². The highest BCUT2D eigenvalue weighted by Crippen LogP contribution is 2.20. The van der Waals surface area contributed by atoms with Crippen molar-refractivity contribution in [2.75, 3.05) is 13.2 Å². The fraction of sp³-hybridized carbons (Fsp3) is 0.538. The van der Waals surface area contributed by atoms with Gasteiger partial charge < -0.3 is 9.84 Å². The molecule has 0 spiro atoms. The second-order valence-electron chi connectivity index (χ2n) is 4.11. The van der Waals surface area contributed by atoms with Gasteiger partial charge >= 0.3 is 0 Å². The molecule has 2 nitrogen and oxygen atoms in total. The molecule has 0 bridgehead atoms. The van der Waals surface area contributed by atoms with Gasteiger partial charge in [-0.1, -0.05) is 32.0 Å². The van der Waals surface area contributed by atoms with Crippen LogP contribution in [0.5, 0.6) is 5.75 Å². The van der Waals surface area contributed by atoms with Gasteiger partial charge in [-0.25, -0.2) is 0 Å². The molecule has 0 atom stereocenters. The van der Waals surface area contributed by atoms with Crippen molar-refractivity contribution in [3.63, 3.8) is 0 Å². The normalized spacial score (nSPS) is 10.7. The number of hydrogen-bond acceptors (Lipinski definition) is 2. The van der Waals surface area contributed by atoms with E-state index in [1.165, 1.54) is 12.0 Å². The average Bonchev–Trinajstić information content (AvgIpc) is 2.24. The van der Waals surface area contributed by atoms with Crippen molar-refractivity contribution in [1.82, 2.24) is 0 Å². The van der Waals surface area contributed by atoms with Crippen LogP contribution >= 0.6 is 0 Å². The molecule has 0 aliphatic rings. The van der Waals surface area contributed by atoms with Crippen molar-refractivity contribution < 1.29 is 9.84 Å². The molecule has 0 aromatic heterocycles. The van der Waals surface area contributed by atoms with E-state index in [0.717, 1.165) is 12.2 Å². The van der Waals surface area contributed by atoms with Crippen LogP contribution in [0.25, 0.3) is 0 Å². The average molecular weight is 208 g/mol. The van der Waals surface area contributed by atoms with Crippen LogP contribution in [0, 0.1) is 5.92 Å². The number of hydrogen-bond donors (Lipinski definition) is 1. The lowest BCUT2D eigenvalue weighted by Gasteiger charge is -2.11. The fourth-order valence-corrected chi connectivity index (χ4v) is 1.45. The van der Waals surface area contributed by atoms with Crippen molar-refractivity contribution in [2.45, 2.75) is 26.7 Å². The van der Waals surface area contributed by atoms with E-state index in [4.69, 9.17) is 9.84 Å². The number of ether oxygens (including phenoxy) is 1. The molecule has 1 rings (SSSR count). The molecule has 0 saturated carbocycles. The fourth-order valence-electron chi connectivity index (χ4n) is 1.45. The Kier molecular flexibility index (Phi) is 5.19. The van der Waals surface area contributed by atoms with E-state index in [1.807, 2.05) is 18.2 Å². The van der Waals surface area contributed by atoms with Gasteiger partial charge in [0, 0.05) is 0 Å². The molecule has 0 aliphatic carbocycles. The predicted octanol–water partition coefficient (Wildman–Crippen LogP) is 2.65. The first-order valence-corrected chi connectivity index (χ1v) is 5.55. The number of benzene rings is 1. The quantitative estimate of drug-likeness (QED) is 0.778. The third-order valence-electron chi connectivity index (χ3n) is 2.31. The standard InChI is InChI=1S/C13H20O2/c1-11(2)7-8-12-5-3-4-6-13(12)15-10-9-14/h3-6,11,14H,7-10H2,1-2H3. The van der Waals surface area contributed by atoms with E-state index in [2.05, 4.69) is 19.9 Å². The lowest BCUT2D eigenvalue weighted by molar-refractivity contribution is 0.200. The zero-order valence-corrected chi connectivity index (χ0v) is 9.57. The molecule has 1 N–H and O–H groups in total. The molecule has 1 aromatic carbocycles. The summed E-state index contributed by atoms with van der Waals surface area (Å²) in [4.78, 5) is 0. The maximum atomic E-state index is 8.71. The van der Waals surface area contributed by atoms with E-state index in [-0.39, 0.29) is 6.61 Å². The Bertz CT molecular complexity index is 282. The maximum absolute atomic E-state index is 8.71. The van der Waals surface area contributed by atoms with E-state index >= 15 is 0 Å². The van der Waals surface area contributed by atoms with Crippen LogP contribution in [0.4, 0.5) is 0 Å². The van der Waals surface area contributed by atoms with Crippen LogP contribution in [-0.4, -0.2) is 18.3 Å². The van der Waals surface area contributed by atoms with Crippen LogP contribution in [0.3, 0.4) is 0 Å². The van der Waals surface area contributed by atoms with Gasteiger partial charge in [-0.2, -0.15) is 0 Å². The van der Waals surface area contributed by atoms with Crippen LogP contribution in [0.15, 0.2) is 24.3 Å². The van der Waals surface area contributed by atoms with Crippen molar-refractivity contribution in [1.29, 1.82) is 0 Å². The molecule has 0 unspecified atom stereocenters. The number of aliphatic hydroxyl groups is 1. The highest BCUT2D eigenvalue weighted by molar-refractivity contribution is 5.33. The van der Waals surface area contributed by atoms with Crippen LogP contribution in [0.1, 0.15) is 25.8 Å². The van der Waals surface area contributed by atoms with Crippen LogP contribution in [0.2, 0.25) is 0 Å². The topological polar surface area (TPSA) is 29.5 Å². The lowest BCUT2D eigenvalue weighted by atomic mass is 10.0. The first-order valence-electron chi connectivity index (χ1n) is 5.55. The summed E-state index contributed by atoms with van der Waals surface area (Å²) in [5.74, 6) is 1.61. The van der Waals surface area contributed by atoms with Gasteiger partial charge in [0.05, 0.1) is 6.61 Å². The Balaban J connectivity index is 2.59. The van der Waals surface area contributed by atoms with Gasteiger partial charge in [0.1, 0.15) is 12.4 Å². The lowest BCUT2D eigenvalue weighted by Crippen LogP contribution is -2.04. The smallest absolute Gasteiger partial charge is 0.122 e. The molecule has 0 radical (unpaired) electrons. The summed E-state index contributed by atoms with van der Waals surface area (Å²) in [6.07, 6.45) is 2.21. The molecule has 0 amide bonds. The monoisotopic (exact) mass is 208 g/mol. The molecule has 0 aliphatic heterocycles. The van der Waals surface area contributed by atoms with E-state index < -0.39 is 0 Å². The molecule has 15 heavy (non-hydrogen) atoms. The summed E-state index contributed by atoms with van der Waals surface area (Å²) >= 11 is 0. The zero-order valence-electron chi connectivity index (χ0n) is 9.57. The highest BCUT2D eigenvalue weighted by Gasteiger charge is 2.03. The minimum atomic E-state index is 0.0680. The molecular weight excluding hydrogens is 188 g/mol. The van der Waals surface area contributed by atoms with Gasteiger partial charge in [0.2, 0.25) is 0 Å². The number of rotatable bonds is 6. The van der Waals surface area contributed by atoms with E-state index in [0.29, 0.717) is 12.5 Å². The molecule has 84 valence electrons. The summed E-state index contributed by atoms with van der Waals surface area (Å²) < 4.78 is 5.47. The second-order valence-corrected chi connectivity index (χ2v) is 4.11. The van der Waals surface area contributed by atoms with Crippen molar-refractivity contribution >= 4 is 0 Å². The third-order valence-corrected chi connectivity index (χ3v) is 2.31. The van der Waals surface area contributed by atoms with Gasteiger partial charge in [0.25, 0.3) is 0 Å². The number of para-hydroxylation sites is 1. The van der Waals surface area contributed by atoms with E-state index in [1.54, 1.807) is 0 Å². The Morgan fingerprint density at radius 1 is 1.27 bits per heavy atom. The molecule has 0 saturated heterocycles. The van der Waals surface area contributed by atoms with Crippen LogP contribution in [-0.2, 0) is 6.42 Å². The zero-order chi connectivity index (χ0) is 11.1. The Morgan fingerprint density at radius 2 is 2.00 bits per heavy atom. The highest BCUT2D eigenvalue weighted by atomic mass is 16.5. The van der Waals surface area contributed by atoms with Crippen molar-refractivity contribution in [3.8, 4) is 5.75 Å². The third kappa shape index (κ3) is 4.34. The number of aryl methyl sites for hydroxylation is 1. The SMILES string of the molecule is CC(C)CCc1ccccc1OCCO. The summed E-state index contributed by atoms with van der Waals surface area (Å²) in [5.41, 5.74) is 1.24. The maximum Gasteiger partial charge on any atom is 0.122 e.